The van der Waals surface area contributed by atoms with Crippen molar-refractivity contribution in [3.05, 3.63) is 35.8 Å². The number of rotatable bonds is 1. The molecule has 0 atom stereocenters. The molecule has 2 rings (SSSR count). The Balaban J connectivity index is 2.45. The predicted octanol–water partition coefficient (Wildman–Crippen LogP) is 4.58. The van der Waals surface area contributed by atoms with Crippen molar-refractivity contribution in [3.8, 4) is 11.5 Å². The van der Waals surface area contributed by atoms with Gasteiger partial charge in [0, 0.05) is 0 Å². The molecule has 2 nitrogen and oxygen atoms in total. The Bertz CT molecular complexity index is 545. The molecule has 0 bridgehead atoms. The molecule has 8 heteroatoms. The van der Waals surface area contributed by atoms with Crippen LogP contribution < -0.4 is 0 Å². The summed E-state index contributed by atoms with van der Waals surface area (Å²) in [6, 6.07) is 1.07. The van der Waals surface area contributed by atoms with Crippen molar-refractivity contribution in [2.45, 2.75) is 12.4 Å². The lowest BCUT2D eigenvalue weighted by Gasteiger charge is -2.04. The van der Waals surface area contributed by atoms with Crippen LogP contribution in [-0.2, 0) is 12.4 Å². The lowest BCUT2D eigenvalue weighted by Crippen LogP contribution is -2.04. The standard InChI is InChI=1S/C10H4F6O2/c11-9(12,13)5-3-7(18-4-5)8-6(1-2-17-8)10(14,15)16/h1-4H. The molecule has 0 aliphatic rings. The van der Waals surface area contributed by atoms with Crippen molar-refractivity contribution in [2.24, 2.45) is 0 Å². The van der Waals surface area contributed by atoms with Gasteiger partial charge in [0.05, 0.1) is 11.8 Å². The molecular weight excluding hydrogens is 266 g/mol. The predicted molar refractivity (Wildman–Crippen MR) is 46.4 cm³/mol. The molecule has 0 unspecified atom stereocenters. The van der Waals surface area contributed by atoms with Gasteiger partial charge in [-0.1, -0.05) is 0 Å². The first kappa shape index (κ1) is 12.6. The minimum Gasteiger partial charge on any atom is -0.460 e. The van der Waals surface area contributed by atoms with Crippen molar-refractivity contribution >= 4 is 0 Å². The smallest absolute Gasteiger partial charge is 0.420 e. The maximum absolute atomic E-state index is 12.5. The summed E-state index contributed by atoms with van der Waals surface area (Å²) in [4.78, 5) is 0. The van der Waals surface area contributed by atoms with Gasteiger partial charge in [-0.05, 0) is 12.1 Å². The highest BCUT2D eigenvalue weighted by Crippen LogP contribution is 2.40. The monoisotopic (exact) mass is 270 g/mol. The SMILES string of the molecule is FC(F)(F)c1coc(-c2occc2C(F)(F)F)c1. The van der Waals surface area contributed by atoms with Gasteiger partial charge in [-0.15, -0.1) is 0 Å². The van der Waals surface area contributed by atoms with E-state index in [1.165, 1.54) is 0 Å². The van der Waals surface area contributed by atoms with Crippen molar-refractivity contribution in [3.63, 3.8) is 0 Å². The van der Waals surface area contributed by atoms with Crippen molar-refractivity contribution in [1.29, 1.82) is 0 Å². The van der Waals surface area contributed by atoms with Gasteiger partial charge in [0.2, 0.25) is 0 Å². The number of halogens is 6. The Labute approximate surface area is 95.8 Å². The first-order chi connectivity index (χ1) is 8.19. The third-order valence-corrected chi connectivity index (χ3v) is 2.12. The fourth-order valence-electron chi connectivity index (χ4n) is 1.33. The third-order valence-electron chi connectivity index (χ3n) is 2.12. The molecule has 2 heterocycles. The van der Waals surface area contributed by atoms with E-state index in [4.69, 9.17) is 0 Å². The maximum atomic E-state index is 12.5. The van der Waals surface area contributed by atoms with Crippen LogP contribution in [0.15, 0.2) is 33.5 Å². The van der Waals surface area contributed by atoms with Crippen LogP contribution in [0.25, 0.3) is 11.5 Å². The summed E-state index contributed by atoms with van der Waals surface area (Å²) < 4.78 is 83.2. The minimum atomic E-state index is -4.73. The largest absolute Gasteiger partial charge is 0.460 e. The van der Waals surface area contributed by atoms with Crippen LogP contribution in [0.3, 0.4) is 0 Å². The Hall–Kier alpha value is -1.86. The van der Waals surface area contributed by atoms with Gasteiger partial charge in [-0.2, -0.15) is 26.3 Å². The van der Waals surface area contributed by atoms with E-state index in [2.05, 4.69) is 8.83 Å². The average molecular weight is 270 g/mol. The van der Waals surface area contributed by atoms with Crippen LogP contribution in [0.2, 0.25) is 0 Å². The van der Waals surface area contributed by atoms with Gasteiger partial charge in [-0.25, -0.2) is 0 Å². The second-order valence-electron chi connectivity index (χ2n) is 3.36. The van der Waals surface area contributed by atoms with E-state index in [0.29, 0.717) is 18.4 Å². The highest BCUT2D eigenvalue weighted by atomic mass is 19.4. The molecule has 0 saturated carbocycles. The van der Waals surface area contributed by atoms with Crippen molar-refractivity contribution < 1.29 is 35.2 Å². The molecule has 0 aromatic carbocycles. The fraction of sp³-hybridized carbons (Fsp3) is 0.200. The van der Waals surface area contributed by atoms with Crippen molar-refractivity contribution in [1.82, 2.24) is 0 Å². The highest BCUT2D eigenvalue weighted by Gasteiger charge is 2.38. The summed E-state index contributed by atoms with van der Waals surface area (Å²) >= 11 is 0. The van der Waals surface area contributed by atoms with Crippen LogP contribution in [0.4, 0.5) is 26.3 Å². The van der Waals surface area contributed by atoms with E-state index >= 15 is 0 Å². The third kappa shape index (κ3) is 2.22. The van der Waals surface area contributed by atoms with E-state index in [9.17, 15) is 26.3 Å². The summed E-state index contributed by atoms with van der Waals surface area (Å²) in [6.07, 6.45) is -8.35. The number of hydrogen-bond acceptors (Lipinski definition) is 2. The first-order valence-electron chi connectivity index (χ1n) is 4.50. The van der Waals surface area contributed by atoms with E-state index in [0.717, 1.165) is 6.26 Å². The molecular formula is C10H4F6O2. The lowest BCUT2D eigenvalue weighted by atomic mass is 10.2. The van der Waals surface area contributed by atoms with Crippen molar-refractivity contribution in [2.75, 3.05) is 0 Å². The zero-order valence-corrected chi connectivity index (χ0v) is 8.39. The number of furan rings is 2. The van der Waals surface area contributed by atoms with E-state index in [1.807, 2.05) is 0 Å². The molecule has 0 N–H and O–H groups in total. The summed E-state index contributed by atoms with van der Waals surface area (Å²) in [5.74, 6) is -1.40. The molecule has 0 amide bonds. The van der Waals surface area contributed by atoms with Gasteiger partial charge in [0.25, 0.3) is 0 Å². The molecule has 0 radical (unpaired) electrons. The summed E-state index contributed by atoms with van der Waals surface area (Å²) in [6.45, 7) is 0. The minimum absolute atomic E-state index is 0.331. The molecule has 0 aliphatic heterocycles. The normalized spacial score (nSPS) is 13.0. The second-order valence-corrected chi connectivity index (χ2v) is 3.36. The Morgan fingerprint density at radius 2 is 1.56 bits per heavy atom. The van der Waals surface area contributed by atoms with Crippen LogP contribution >= 0.6 is 0 Å². The van der Waals surface area contributed by atoms with E-state index in [-0.39, 0.29) is 0 Å². The zero-order chi connectivity index (χ0) is 13.6. The summed E-state index contributed by atoms with van der Waals surface area (Å²) in [5.41, 5.74) is -2.37. The molecule has 18 heavy (non-hydrogen) atoms. The molecule has 0 saturated heterocycles. The van der Waals surface area contributed by atoms with Gasteiger partial charge in [-0.3, -0.25) is 0 Å². The Morgan fingerprint density at radius 3 is 2.06 bits per heavy atom. The van der Waals surface area contributed by atoms with Crippen LogP contribution in [0.1, 0.15) is 11.1 Å². The fourth-order valence-corrected chi connectivity index (χ4v) is 1.33. The Morgan fingerprint density at radius 1 is 0.889 bits per heavy atom. The topological polar surface area (TPSA) is 26.3 Å². The van der Waals surface area contributed by atoms with Crippen LogP contribution in [0, 0.1) is 0 Å². The zero-order valence-electron chi connectivity index (χ0n) is 8.39. The maximum Gasteiger partial charge on any atom is 0.420 e. The van der Waals surface area contributed by atoms with Gasteiger partial charge in [0.15, 0.2) is 11.5 Å². The van der Waals surface area contributed by atoms with Gasteiger partial charge in [0.1, 0.15) is 11.8 Å². The van der Waals surface area contributed by atoms with Gasteiger partial charge < -0.3 is 8.83 Å². The second kappa shape index (κ2) is 3.82. The molecule has 0 aliphatic carbocycles. The lowest BCUT2D eigenvalue weighted by molar-refractivity contribution is -0.138. The Kier molecular flexibility index (Phi) is 2.67. The van der Waals surface area contributed by atoms with Crippen LogP contribution in [-0.4, -0.2) is 0 Å². The molecule has 0 fully saturated rings. The average Bonchev–Trinajstić information content (AvgIpc) is 2.84. The summed E-state index contributed by atoms with van der Waals surface area (Å²) in [7, 11) is 0. The molecule has 2 aromatic heterocycles. The first-order valence-corrected chi connectivity index (χ1v) is 4.50. The summed E-state index contributed by atoms with van der Waals surface area (Å²) in [5, 5.41) is 0. The molecule has 0 spiro atoms. The van der Waals surface area contributed by atoms with E-state index in [1.54, 1.807) is 0 Å². The molecule has 2 aromatic rings. The van der Waals surface area contributed by atoms with E-state index < -0.39 is 35.0 Å². The quantitative estimate of drug-likeness (QED) is 0.709. The van der Waals surface area contributed by atoms with Crippen LogP contribution in [0.5, 0.6) is 0 Å². The molecule has 98 valence electrons. The van der Waals surface area contributed by atoms with Gasteiger partial charge >= 0.3 is 12.4 Å². The highest BCUT2D eigenvalue weighted by molar-refractivity contribution is 5.57. The number of hydrogen-bond donors (Lipinski definition) is 0. The number of alkyl halides is 6.